The highest BCUT2D eigenvalue weighted by atomic mass is 35.5. The molecule has 1 aromatic heterocycles. The van der Waals surface area contributed by atoms with Gasteiger partial charge in [0.25, 0.3) is 5.91 Å². The lowest BCUT2D eigenvalue weighted by Crippen LogP contribution is -2.20. The Morgan fingerprint density at radius 3 is 2.52 bits per heavy atom. The predicted molar refractivity (Wildman–Crippen MR) is 105 cm³/mol. The standard InChI is InChI=1S/C19H17ClN2O4S/c1-12-7-8-13(11-18(12)27(24,25)21-2)22-19(23)17-10-9-16(26-17)14-5-3-4-6-15(14)20/h3-11,21H,1-2H3,(H,22,23). The van der Waals surface area contributed by atoms with Gasteiger partial charge in [-0.15, -0.1) is 0 Å². The molecule has 2 aromatic carbocycles. The van der Waals surface area contributed by atoms with Crippen molar-refractivity contribution in [3.8, 4) is 11.3 Å². The second kappa shape index (κ2) is 7.56. The molecule has 0 aliphatic heterocycles. The Morgan fingerprint density at radius 2 is 1.81 bits per heavy atom. The van der Waals surface area contributed by atoms with E-state index in [-0.39, 0.29) is 10.7 Å². The first-order valence-electron chi connectivity index (χ1n) is 8.02. The van der Waals surface area contributed by atoms with E-state index in [0.717, 1.165) is 0 Å². The van der Waals surface area contributed by atoms with E-state index in [1.165, 1.54) is 19.2 Å². The van der Waals surface area contributed by atoms with Gasteiger partial charge in [0.2, 0.25) is 10.0 Å². The summed E-state index contributed by atoms with van der Waals surface area (Å²) in [6.07, 6.45) is 0. The van der Waals surface area contributed by atoms with E-state index in [4.69, 9.17) is 16.0 Å². The van der Waals surface area contributed by atoms with E-state index < -0.39 is 15.9 Å². The maximum atomic E-state index is 12.5. The number of carbonyl (C=O) groups is 1. The van der Waals surface area contributed by atoms with Crippen molar-refractivity contribution in [3.63, 3.8) is 0 Å². The van der Waals surface area contributed by atoms with Crippen LogP contribution >= 0.6 is 11.6 Å². The Balaban J connectivity index is 1.85. The van der Waals surface area contributed by atoms with Gasteiger partial charge in [-0.05, 0) is 55.9 Å². The molecule has 0 radical (unpaired) electrons. The molecule has 0 unspecified atom stereocenters. The van der Waals surface area contributed by atoms with Crippen molar-refractivity contribution in [3.05, 3.63) is 70.9 Å². The third-order valence-electron chi connectivity index (χ3n) is 3.97. The van der Waals surface area contributed by atoms with Crippen molar-refractivity contribution in [2.24, 2.45) is 0 Å². The van der Waals surface area contributed by atoms with Crippen LogP contribution in [-0.4, -0.2) is 21.4 Å². The number of hydrogen-bond donors (Lipinski definition) is 2. The molecule has 1 heterocycles. The highest BCUT2D eigenvalue weighted by Gasteiger charge is 2.18. The first kappa shape index (κ1) is 19.2. The van der Waals surface area contributed by atoms with Gasteiger partial charge in [0, 0.05) is 11.3 Å². The van der Waals surface area contributed by atoms with Crippen LogP contribution in [0.4, 0.5) is 5.69 Å². The van der Waals surface area contributed by atoms with Gasteiger partial charge >= 0.3 is 0 Å². The molecule has 0 bridgehead atoms. The highest BCUT2D eigenvalue weighted by Crippen LogP contribution is 2.29. The molecule has 2 N–H and O–H groups in total. The number of halogens is 1. The maximum Gasteiger partial charge on any atom is 0.291 e. The zero-order valence-electron chi connectivity index (χ0n) is 14.6. The summed E-state index contributed by atoms with van der Waals surface area (Å²) in [4.78, 5) is 12.6. The number of rotatable bonds is 5. The smallest absolute Gasteiger partial charge is 0.291 e. The molecule has 140 valence electrons. The molecule has 0 aliphatic rings. The Bertz CT molecular complexity index is 1110. The lowest BCUT2D eigenvalue weighted by Gasteiger charge is -2.09. The van der Waals surface area contributed by atoms with E-state index in [1.54, 1.807) is 43.3 Å². The Kier molecular flexibility index (Phi) is 5.36. The molecule has 6 nitrogen and oxygen atoms in total. The highest BCUT2D eigenvalue weighted by molar-refractivity contribution is 7.89. The number of anilines is 1. The SMILES string of the molecule is CNS(=O)(=O)c1cc(NC(=O)c2ccc(-c3ccccc3Cl)o2)ccc1C. The van der Waals surface area contributed by atoms with E-state index >= 15 is 0 Å². The van der Waals surface area contributed by atoms with Crippen LogP contribution in [0.3, 0.4) is 0 Å². The van der Waals surface area contributed by atoms with Crippen LogP contribution in [0.5, 0.6) is 0 Å². The number of amides is 1. The minimum absolute atomic E-state index is 0.0866. The summed E-state index contributed by atoms with van der Waals surface area (Å²) in [5.74, 6) is 0.0570. The van der Waals surface area contributed by atoms with Crippen LogP contribution in [-0.2, 0) is 10.0 Å². The first-order valence-corrected chi connectivity index (χ1v) is 9.88. The molecule has 27 heavy (non-hydrogen) atoms. The first-order chi connectivity index (χ1) is 12.8. The fraction of sp³-hybridized carbons (Fsp3) is 0.105. The monoisotopic (exact) mass is 404 g/mol. The van der Waals surface area contributed by atoms with Crippen LogP contribution in [0.15, 0.2) is 63.9 Å². The summed E-state index contributed by atoms with van der Waals surface area (Å²) >= 11 is 6.14. The second-order valence-corrected chi connectivity index (χ2v) is 8.05. The maximum absolute atomic E-state index is 12.5. The van der Waals surface area contributed by atoms with Crippen molar-refractivity contribution in [1.29, 1.82) is 0 Å². The minimum atomic E-state index is -3.63. The Hall–Kier alpha value is -2.61. The second-order valence-electron chi connectivity index (χ2n) is 5.79. The topological polar surface area (TPSA) is 88.4 Å². The molecule has 0 atom stereocenters. The summed E-state index contributed by atoms with van der Waals surface area (Å²) in [5, 5.41) is 3.16. The Labute approximate surface area is 162 Å². The Morgan fingerprint density at radius 1 is 1.07 bits per heavy atom. The number of sulfonamides is 1. The molecule has 1 amide bonds. The molecular formula is C19H17ClN2O4S. The van der Waals surface area contributed by atoms with Crippen LogP contribution in [0.25, 0.3) is 11.3 Å². The predicted octanol–water partition coefficient (Wildman–Crippen LogP) is 4.07. The van der Waals surface area contributed by atoms with Crippen molar-refractivity contribution in [1.82, 2.24) is 4.72 Å². The molecule has 8 heteroatoms. The van der Waals surface area contributed by atoms with E-state index in [0.29, 0.717) is 27.6 Å². The number of nitrogens with one attached hydrogen (secondary N) is 2. The lowest BCUT2D eigenvalue weighted by molar-refractivity contribution is 0.0997. The molecule has 3 rings (SSSR count). The summed E-state index contributed by atoms with van der Waals surface area (Å²) in [5.41, 5.74) is 1.59. The fourth-order valence-electron chi connectivity index (χ4n) is 2.54. The number of carbonyl (C=O) groups excluding carboxylic acids is 1. The minimum Gasteiger partial charge on any atom is -0.451 e. The van der Waals surface area contributed by atoms with Crippen molar-refractivity contribution in [2.45, 2.75) is 11.8 Å². The molecule has 0 aliphatic carbocycles. The van der Waals surface area contributed by atoms with E-state index in [2.05, 4.69) is 10.0 Å². The quantitative estimate of drug-likeness (QED) is 0.670. The van der Waals surface area contributed by atoms with Gasteiger partial charge in [-0.2, -0.15) is 0 Å². The summed E-state index contributed by atoms with van der Waals surface area (Å²) < 4.78 is 32.0. The van der Waals surface area contributed by atoms with Crippen LogP contribution in [0.2, 0.25) is 5.02 Å². The number of hydrogen-bond acceptors (Lipinski definition) is 4. The van der Waals surface area contributed by atoms with Crippen molar-refractivity contribution < 1.29 is 17.6 Å². The third kappa shape index (κ3) is 4.05. The average molecular weight is 405 g/mol. The molecule has 3 aromatic rings. The van der Waals surface area contributed by atoms with Crippen molar-refractivity contribution in [2.75, 3.05) is 12.4 Å². The summed E-state index contributed by atoms with van der Waals surface area (Å²) in [6, 6.07) is 15.0. The van der Waals surface area contributed by atoms with Crippen molar-refractivity contribution >= 4 is 33.2 Å². The number of furan rings is 1. The normalized spacial score (nSPS) is 11.4. The van der Waals surface area contributed by atoms with E-state index in [1.807, 2.05) is 6.07 Å². The van der Waals surface area contributed by atoms with Crippen LogP contribution in [0, 0.1) is 6.92 Å². The van der Waals surface area contributed by atoms with Crippen LogP contribution < -0.4 is 10.0 Å². The fourth-order valence-corrected chi connectivity index (χ4v) is 3.76. The molecule has 0 saturated heterocycles. The molecule has 0 spiro atoms. The van der Waals surface area contributed by atoms with Gasteiger partial charge in [0.1, 0.15) is 5.76 Å². The largest absolute Gasteiger partial charge is 0.451 e. The molecular weight excluding hydrogens is 388 g/mol. The lowest BCUT2D eigenvalue weighted by atomic mass is 10.2. The third-order valence-corrected chi connectivity index (χ3v) is 5.86. The van der Waals surface area contributed by atoms with Gasteiger partial charge in [-0.25, -0.2) is 13.1 Å². The molecule has 0 saturated carbocycles. The number of aryl methyl sites for hydroxylation is 1. The van der Waals surface area contributed by atoms with Crippen LogP contribution in [0.1, 0.15) is 16.1 Å². The van der Waals surface area contributed by atoms with E-state index in [9.17, 15) is 13.2 Å². The molecule has 0 fully saturated rings. The van der Waals surface area contributed by atoms with Gasteiger partial charge in [0.15, 0.2) is 5.76 Å². The average Bonchev–Trinajstić information content (AvgIpc) is 3.13. The van der Waals surface area contributed by atoms with Gasteiger partial charge in [-0.1, -0.05) is 29.8 Å². The van der Waals surface area contributed by atoms with Gasteiger partial charge in [-0.3, -0.25) is 4.79 Å². The van der Waals surface area contributed by atoms with Gasteiger partial charge in [0.05, 0.1) is 9.92 Å². The van der Waals surface area contributed by atoms with Gasteiger partial charge < -0.3 is 9.73 Å². The zero-order valence-corrected chi connectivity index (χ0v) is 16.2. The zero-order chi connectivity index (χ0) is 19.6. The summed E-state index contributed by atoms with van der Waals surface area (Å²) in [7, 11) is -2.30. The number of benzene rings is 2. The summed E-state index contributed by atoms with van der Waals surface area (Å²) in [6.45, 7) is 1.68.